The van der Waals surface area contributed by atoms with E-state index in [4.69, 9.17) is 16.3 Å². The zero-order chi connectivity index (χ0) is 13.1. The van der Waals surface area contributed by atoms with Crippen molar-refractivity contribution in [2.24, 2.45) is 5.92 Å². The van der Waals surface area contributed by atoms with Crippen LogP contribution in [0.4, 0.5) is 5.82 Å². The van der Waals surface area contributed by atoms with Crippen molar-refractivity contribution in [2.75, 3.05) is 23.9 Å². The molecule has 1 aromatic rings. The number of nitrogens with zero attached hydrogens (tertiary/aromatic N) is 3. The maximum absolute atomic E-state index is 6.07. The molecule has 1 aromatic heterocycles. The second kappa shape index (κ2) is 5.74. The largest absolute Gasteiger partial charge is 0.478 e. The van der Waals surface area contributed by atoms with Crippen LogP contribution in [0.25, 0.3) is 0 Å². The third kappa shape index (κ3) is 2.69. The van der Waals surface area contributed by atoms with Crippen LogP contribution in [0.3, 0.4) is 0 Å². The third-order valence-corrected chi connectivity index (χ3v) is 3.74. The molecule has 0 bridgehead atoms. The minimum atomic E-state index is 0.357. The zero-order valence-corrected chi connectivity index (χ0v) is 11.9. The van der Waals surface area contributed by atoms with Gasteiger partial charge in [0.2, 0.25) is 5.88 Å². The number of hydrogen-bond donors (Lipinski definition) is 0. The molecule has 1 saturated heterocycles. The van der Waals surface area contributed by atoms with Crippen LogP contribution in [-0.2, 0) is 0 Å². The van der Waals surface area contributed by atoms with Crippen molar-refractivity contribution in [3.63, 3.8) is 0 Å². The van der Waals surface area contributed by atoms with Crippen LogP contribution >= 0.6 is 11.6 Å². The van der Waals surface area contributed by atoms with E-state index in [1.54, 1.807) is 0 Å². The lowest BCUT2D eigenvalue weighted by Crippen LogP contribution is -2.34. The molecule has 1 aliphatic rings. The molecule has 0 aliphatic carbocycles. The maximum atomic E-state index is 6.07. The number of anilines is 1. The fourth-order valence-corrected chi connectivity index (χ4v) is 2.89. The summed E-state index contributed by atoms with van der Waals surface area (Å²) >= 11 is 6.07. The first-order chi connectivity index (χ1) is 8.65. The average molecular weight is 270 g/mol. The smallest absolute Gasteiger partial charge is 0.218 e. The van der Waals surface area contributed by atoms with E-state index < -0.39 is 0 Å². The van der Waals surface area contributed by atoms with Crippen molar-refractivity contribution >= 4 is 17.4 Å². The van der Waals surface area contributed by atoms with E-state index >= 15 is 0 Å². The molecule has 2 heterocycles. The van der Waals surface area contributed by atoms with Crippen molar-refractivity contribution in [3.05, 3.63) is 11.9 Å². The lowest BCUT2D eigenvalue weighted by Gasteiger charge is -2.26. The predicted molar refractivity (Wildman–Crippen MR) is 73.6 cm³/mol. The van der Waals surface area contributed by atoms with Gasteiger partial charge in [0.25, 0.3) is 0 Å². The fraction of sp³-hybridized carbons (Fsp3) is 0.692. The Bertz CT molecular complexity index is 413. The van der Waals surface area contributed by atoms with Crippen molar-refractivity contribution in [1.29, 1.82) is 0 Å². The lowest BCUT2D eigenvalue weighted by atomic mass is 10.1. The van der Waals surface area contributed by atoms with Gasteiger partial charge in [-0.2, -0.15) is 4.98 Å². The first kappa shape index (κ1) is 13.4. The number of rotatable bonds is 4. The molecule has 0 radical (unpaired) electrons. The maximum Gasteiger partial charge on any atom is 0.218 e. The first-order valence-corrected chi connectivity index (χ1v) is 7.00. The van der Waals surface area contributed by atoms with Crippen LogP contribution in [-0.4, -0.2) is 35.0 Å². The average Bonchev–Trinajstić information content (AvgIpc) is 2.70. The van der Waals surface area contributed by atoms with Gasteiger partial charge >= 0.3 is 0 Å². The van der Waals surface area contributed by atoms with Gasteiger partial charge in [0.05, 0.1) is 6.61 Å². The Labute approximate surface area is 113 Å². The highest BCUT2D eigenvalue weighted by atomic mass is 35.5. The highest BCUT2D eigenvalue weighted by Gasteiger charge is 2.31. The van der Waals surface area contributed by atoms with Crippen LogP contribution in [0.2, 0.25) is 0 Å². The lowest BCUT2D eigenvalue weighted by molar-refractivity contribution is 0.325. The molecule has 4 nitrogen and oxygen atoms in total. The van der Waals surface area contributed by atoms with Gasteiger partial charge in [0.15, 0.2) is 0 Å². The second-order valence-electron chi connectivity index (χ2n) is 4.73. The third-order valence-electron chi connectivity index (χ3n) is 3.43. The van der Waals surface area contributed by atoms with E-state index in [1.165, 1.54) is 0 Å². The first-order valence-electron chi connectivity index (χ1n) is 6.46. The van der Waals surface area contributed by atoms with Crippen molar-refractivity contribution < 1.29 is 4.74 Å². The SMILES string of the molecule is CCOc1cc(N2CCC(C)C2CCl)nc(C)n1. The predicted octanol–water partition coefficient (Wildman–Crippen LogP) is 2.64. The summed E-state index contributed by atoms with van der Waals surface area (Å²) in [5, 5.41) is 0. The van der Waals surface area contributed by atoms with Crippen LogP contribution in [0.5, 0.6) is 5.88 Å². The Balaban J connectivity index is 2.27. The molecule has 2 unspecified atom stereocenters. The molecule has 0 N–H and O–H groups in total. The summed E-state index contributed by atoms with van der Waals surface area (Å²) < 4.78 is 5.47. The molecule has 1 aliphatic heterocycles. The Kier molecular flexibility index (Phi) is 4.27. The Morgan fingerprint density at radius 1 is 1.50 bits per heavy atom. The summed E-state index contributed by atoms with van der Waals surface area (Å²) in [6.45, 7) is 7.70. The monoisotopic (exact) mass is 269 g/mol. The number of aromatic nitrogens is 2. The summed E-state index contributed by atoms with van der Waals surface area (Å²) in [7, 11) is 0. The second-order valence-corrected chi connectivity index (χ2v) is 5.03. The zero-order valence-electron chi connectivity index (χ0n) is 11.2. The van der Waals surface area contributed by atoms with Gasteiger partial charge in [-0.15, -0.1) is 11.6 Å². The number of alkyl halides is 1. The molecule has 2 atom stereocenters. The highest BCUT2D eigenvalue weighted by molar-refractivity contribution is 6.18. The topological polar surface area (TPSA) is 38.2 Å². The number of halogens is 1. The minimum Gasteiger partial charge on any atom is -0.478 e. The quantitative estimate of drug-likeness (QED) is 0.788. The molecular weight excluding hydrogens is 250 g/mol. The normalized spacial score (nSPS) is 23.4. The van der Waals surface area contributed by atoms with Crippen molar-refractivity contribution in [3.8, 4) is 5.88 Å². The van der Waals surface area contributed by atoms with Gasteiger partial charge in [0, 0.05) is 24.5 Å². The summed E-state index contributed by atoms with van der Waals surface area (Å²) in [6, 6.07) is 2.27. The Morgan fingerprint density at radius 2 is 2.28 bits per heavy atom. The molecule has 0 spiro atoms. The van der Waals surface area contributed by atoms with E-state index in [0.29, 0.717) is 30.3 Å². The summed E-state index contributed by atoms with van der Waals surface area (Å²) in [5.74, 6) is 3.56. The van der Waals surface area contributed by atoms with Crippen LogP contribution in [0.15, 0.2) is 6.07 Å². The fourth-order valence-electron chi connectivity index (χ4n) is 2.42. The Morgan fingerprint density at radius 3 is 2.94 bits per heavy atom. The van der Waals surface area contributed by atoms with Crippen LogP contribution < -0.4 is 9.64 Å². The minimum absolute atomic E-state index is 0.357. The number of hydrogen-bond acceptors (Lipinski definition) is 4. The summed E-state index contributed by atoms with van der Waals surface area (Å²) in [5.41, 5.74) is 0. The van der Waals surface area contributed by atoms with E-state index in [1.807, 2.05) is 19.9 Å². The molecule has 0 amide bonds. The summed E-state index contributed by atoms with van der Waals surface area (Å²) in [4.78, 5) is 11.1. The van der Waals surface area contributed by atoms with Crippen LogP contribution in [0, 0.1) is 12.8 Å². The van der Waals surface area contributed by atoms with Gasteiger partial charge in [-0.1, -0.05) is 6.92 Å². The molecule has 0 aromatic carbocycles. The Hall–Kier alpha value is -1.03. The molecular formula is C13H20ClN3O. The van der Waals surface area contributed by atoms with Crippen molar-refractivity contribution in [1.82, 2.24) is 9.97 Å². The van der Waals surface area contributed by atoms with Gasteiger partial charge in [-0.3, -0.25) is 0 Å². The number of ether oxygens (including phenoxy) is 1. The molecule has 1 fully saturated rings. The van der Waals surface area contributed by atoms with Gasteiger partial charge in [-0.25, -0.2) is 4.98 Å². The highest BCUT2D eigenvalue weighted by Crippen LogP contribution is 2.30. The van der Waals surface area contributed by atoms with Crippen LogP contribution in [0.1, 0.15) is 26.1 Å². The number of aryl methyl sites for hydroxylation is 1. The van der Waals surface area contributed by atoms with Gasteiger partial charge in [0.1, 0.15) is 11.6 Å². The molecule has 5 heteroatoms. The summed E-state index contributed by atoms with van der Waals surface area (Å²) in [6.07, 6.45) is 1.16. The van der Waals surface area contributed by atoms with E-state index in [2.05, 4.69) is 21.8 Å². The van der Waals surface area contributed by atoms with Crippen molar-refractivity contribution in [2.45, 2.75) is 33.2 Å². The van der Waals surface area contributed by atoms with E-state index in [9.17, 15) is 0 Å². The van der Waals surface area contributed by atoms with Gasteiger partial charge < -0.3 is 9.64 Å². The molecule has 0 saturated carbocycles. The molecule has 18 heavy (non-hydrogen) atoms. The molecule has 100 valence electrons. The van der Waals surface area contributed by atoms with E-state index in [-0.39, 0.29) is 0 Å². The van der Waals surface area contributed by atoms with E-state index in [0.717, 1.165) is 24.6 Å². The van der Waals surface area contributed by atoms with Gasteiger partial charge in [-0.05, 0) is 26.2 Å². The standard InChI is InChI=1S/C13H20ClN3O/c1-4-18-13-7-12(15-10(3)16-13)17-6-5-9(2)11(17)8-14/h7,9,11H,4-6,8H2,1-3H3. The molecule has 2 rings (SSSR count).